The van der Waals surface area contributed by atoms with E-state index in [0.717, 1.165) is 24.8 Å². The standard InChI is InChI=1S/C16H20O2/c1-2-3-8-13-9-7-10-14(17)15(13)16(18)11-5-4-6-12-16/h4-7,9-11,17-18H,2-3,8,12H2,1H3. The molecule has 1 unspecified atom stereocenters. The van der Waals surface area contributed by atoms with Gasteiger partial charge in [-0.3, -0.25) is 0 Å². The second-order valence-electron chi connectivity index (χ2n) is 4.83. The molecule has 0 amide bonds. The first-order valence-electron chi connectivity index (χ1n) is 6.55. The third kappa shape index (κ3) is 2.49. The van der Waals surface area contributed by atoms with Gasteiger partial charge in [0.05, 0.1) is 0 Å². The van der Waals surface area contributed by atoms with Gasteiger partial charge in [-0.15, -0.1) is 0 Å². The van der Waals surface area contributed by atoms with Crippen molar-refractivity contribution in [3.63, 3.8) is 0 Å². The number of aromatic hydroxyl groups is 1. The van der Waals surface area contributed by atoms with E-state index >= 15 is 0 Å². The lowest BCUT2D eigenvalue weighted by Gasteiger charge is -2.28. The van der Waals surface area contributed by atoms with Gasteiger partial charge in [0.2, 0.25) is 0 Å². The van der Waals surface area contributed by atoms with Crippen LogP contribution >= 0.6 is 0 Å². The number of hydrogen-bond acceptors (Lipinski definition) is 2. The first-order chi connectivity index (χ1) is 8.67. The first kappa shape index (κ1) is 12.9. The molecule has 0 saturated heterocycles. The lowest BCUT2D eigenvalue weighted by atomic mass is 9.83. The highest BCUT2D eigenvalue weighted by Gasteiger charge is 2.31. The van der Waals surface area contributed by atoms with E-state index in [4.69, 9.17) is 0 Å². The summed E-state index contributed by atoms with van der Waals surface area (Å²) in [5.41, 5.74) is 0.641. The Morgan fingerprint density at radius 3 is 2.78 bits per heavy atom. The van der Waals surface area contributed by atoms with Crippen LogP contribution in [0.4, 0.5) is 0 Å². The highest BCUT2D eigenvalue weighted by Crippen LogP contribution is 2.38. The molecule has 0 bridgehead atoms. The summed E-state index contributed by atoms with van der Waals surface area (Å²) in [6.07, 6.45) is 11.0. The summed E-state index contributed by atoms with van der Waals surface area (Å²) in [4.78, 5) is 0. The average Bonchev–Trinajstić information content (AvgIpc) is 2.37. The van der Waals surface area contributed by atoms with E-state index < -0.39 is 5.60 Å². The zero-order chi connectivity index (χ0) is 13.0. The molecule has 2 nitrogen and oxygen atoms in total. The Morgan fingerprint density at radius 2 is 2.11 bits per heavy atom. The summed E-state index contributed by atoms with van der Waals surface area (Å²) in [7, 11) is 0. The van der Waals surface area contributed by atoms with Gasteiger partial charge in [-0.2, -0.15) is 0 Å². The fourth-order valence-corrected chi connectivity index (χ4v) is 2.46. The molecule has 2 heteroatoms. The summed E-state index contributed by atoms with van der Waals surface area (Å²) < 4.78 is 0. The Balaban J connectivity index is 2.41. The van der Waals surface area contributed by atoms with Crippen molar-refractivity contribution in [1.29, 1.82) is 0 Å². The summed E-state index contributed by atoms with van der Waals surface area (Å²) in [6, 6.07) is 5.49. The molecule has 0 aromatic heterocycles. The van der Waals surface area contributed by atoms with Crippen molar-refractivity contribution in [3.05, 3.63) is 53.6 Å². The van der Waals surface area contributed by atoms with Crippen molar-refractivity contribution in [2.24, 2.45) is 0 Å². The number of hydrogen-bond donors (Lipinski definition) is 2. The van der Waals surface area contributed by atoms with E-state index in [1.54, 1.807) is 12.1 Å². The van der Waals surface area contributed by atoms with Crippen molar-refractivity contribution in [3.8, 4) is 5.75 Å². The minimum Gasteiger partial charge on any atom is -0.508 e. The maximum atomic E-state index is 10.7. The van der Waals surface area contributed by atoms with Crippen LogP contribution in [0.3, 0.4) is 0 Å². The van der Waals surface area contributed by atoms with Gasteiger partial charge >= 0.3 is 0 Å². The molecule has 1 aromatic rings. The van der Waals surface area contributed by atoms with E-state index in [1.165, 1.54) is 0 Å². The number of benzene rings is 1. The van der Waals surface area contributed by atoms with Crippen LogP contribution in [0.25, 0.3) is 0 Å². The summed E-state index contributed by atoms with van der Waals surface area (Å²) >= 11 is 0. The Kier molecular flexibility index (Phi) is 3.87. The van der Waals surface area contributed by atoms with Crippen LogP contribution in [-0.2, 0) is 12.0 Å². The molecular weight excluding hydrogens is 224 g/mol. The van der Waals surface area contributed by atoms with Crippen LogP contribution in [0.5, 0.6) is 5.75 Å². The van der Waals surface area contributed by atoms with Gasteiger partial charge in [0.15, 0.2) is 0 Å². The zero-order valence-corrected chi connectivity index (χ0v) is 10.8. The molecule has 0 radical (unpaired) electrons. The van der Waals surface area contributed by atoms with Crippen LogP contribution in [0, 0.1) is 0 Å². The Bertz CT molecular complexity index is 474. The minimum absolute atomic E-state index is 0.186. The fraction of sp³-hybridized carbons (Fsp3) is 0.375. The number of unbranched alkanes of at least 4 members (excludes halogenated alkanes) is 1. The van der Waals surface area contributed by atoms with Crippen LogP contribution in [0.15, 0.2) is 42.5 Å². The van der Waals surface area contributed by atoms with Gasteiger partial charge < -0.3 is 10.2 Å². The monoisotopic (exact) mass is 244 g/mol. The maximum Gasteiger partial charge on any atom is 0.122 e. The number of rotatable bonds is 4. The molecule has 1 aromatic carbocycles. The molecule has 1 atom stereocenters. The molecular formula is C16H20O2. The third-order valence-corrected chi connectivity index (χ3v) is 3.41. The molecule has 2 N–H and O–H groups in total. The number of aliphatic hydroxyl groups is 1. The minimum atomic E-state index is -1.07. The Morgan fingerprint density at radius 1 is 1.28 bits per heavy atom. The fourth-order valence-electron chi connectivity index (χ4n) is 2.46. The normalized spacial score (nSPS) is 22.3. The molecule has 0 saturated carbocycles. The van der Waals surface area contributed by atoms with Gasteiger partial charge in [0.25, 0.3) is 0 Å². The second-order valence-corrected chi connectivity index (χ2v) is 4.83. The lowest BCUT2D eigenvalue weighted by Crippen LogP contribution is -2.25. The molecule has 0 heterocycles. The molecule has 96 valence electrons. The number of aryl methyl sites for hydroxylation is 1. The van der Waals surface area contributed by atoms with Gasteiger partial charge in [-0.05, 0) is 30.5 Å². The molecule has 0 aliphatic heterocycles. The van der Waals surface area contributed by atoms with E-state index in [9.17, 15) is 10.2 Å². The lowest BCUT2D eigenvalue weighted by molar-refractivity contribution is 0.0877. The van der Waals surface area contributed by atoms with Crippen molar-refractivity contribution in [2.45, 2.75) is 38.2 Å². The summed E-state index contributed by atoms with van der Waals surface area (Å²) in [6.45, 7) is 2.14. The van der Waals surface area contributed by atoms with Crippen molar-refractivity contribution in [2.75, 3.05) is 0 Å². The predicted octanol–water partition coefficient (Wildman–Crippen LogP) is 3.44. The van der Waals surface area contributed by atoms with E-state index in [1.807, 2.05) is 30.4 Å². The SMILES string of the molecule is CCCCc1cccc(O)c1C1(O)C=CC=CC1. The Hall–Kier alpha value is -1.54. The molecule has 2 rings (SSSR count). The van der Waals surface area contributed by atoms with E-state index in [2.05, 4.69) is 6.92 Å². The van der Waals surface area contributed by atoms with E-state index in [0.29, 0.717) is 12.0 Å². The Labute approximate surface area is 108 Å². The number of phenols is 1. The molecule has 1 aliphatic rings. The van der Waals surface area contributed by atoms with Crippen molar-refractivity contribution in [1.82, 2.24) is 0 Å². The van der Waals surface area contributed by atoms with Crippen molar-refractivity contribution >= 4 is 0 Å². The second kappa shape index (κ2) is 5.40. The summed E-state index contributed by atoms with van der Waals surface area (Å²) in [5, 5.41) is 20.8. The van der Waals surface area contributed by atoms with E-state index in [-0.39, 0.29) is 5.75 Å². The molecule has 1 aliphatic carbocycles. The topological polar surface area (TPSA) is 40.5 Å². The smallest absolute Gasteiger partial charge is 0.122 e. The molecule has 18 heavy (non-hydrogen) atoms. The van der Waals surface area contributed by atoms with Gasteiger partial charge in [-0.25, -0.2) is 0 Å². The molecule has 0 fully saturated rings. The molecule has 0 spiro atoms. The number of allylic oxidation sites excluding steroid dienone is 2. The highest BCUT2D eigenvalue weighted by molar-refractivity contribution is 5.47. The highest BCUT2D eigenvalue weighted by atomic mass is 16.3. The predicted molar refractivity (Wildman–Crippen MR) is 73.5 cm³/mol. The summed E-state index contributed by atoms with van der Waals surface area (Å²) in [5.74, 6) is 0.186. The van der Waals surface area contributed by atoms with Crippen LogP contribution in [0.2, 0.25) is 0 Å². The van der Waals surface area contributed by atoms with Crippen LogP contribution in [-0.4, -0.2) is 10.2 Å². The maximum absolute atomic E-state index is 10.7. The number of phenolic OH excluding ortho intramolecular Hbond substituents is 1. The third-order valence-electron chi connectivity index (χ3n) is 3.41. The zero-order valence-electron chi connectivity index (χ0n) is 10.8. The quantitative estimate of drug-likeness (QED) is 0.851. The van der Waals surface area contributed by atoms with Crippen molar-refractivity contribution < 1.29 is 10.2 Å². The van der Waals surface area contributed by atoms with Gasteiger partial charge in [-0.1, -0.05) is 43.7 Å². The average molecular weight is 244 g/mol. The van der Waals surface area contributed by atoms with Crippen LogP contribution < -0.4 is 0 Å². The van der Waals surface area contributed by atoms with Gasteiger partial charge in [0.1, 0.15) is 11.4 Å². The van der Waals surface area contributed by atoms with Gasteiger partial charge in [0, 0.05) is 12.0 Å². The largest absolute Gasteiger partial charge is 0.508 e. The van der Waals surface area contributed by atoms with Crippen LogP contribution in [0.1, 0.15) is 37.3 Å². The first-order valence-corrected chi connectivity index (χ1v) is 6.55.